The molecule has 1 rings (SSSR count). The third kappa shape index (κ3) is 4.70. The Kier molecular flexibility index (Phi) is 5.78. The number of rotatable bonds is 4. The largest absolute Gasteiger partial charge is 0.312 e. The van der Waals surface area contributed by atoms with Crippen LogP contribution in [0, 0.1) is 11.8 Å². The zero-order chi connectivity index (χ0) is 11.1. The normalized spacial score (nSPS) is 9.53. The van der Waals surface area contributed by atoms with Crippen molar-refractivity contribution in [1.82, 2.24) is 5.32 Å². The van der Waals surface area contributed by atoms with Gasteiger partial charge in [0.15, 0.2) is 0 Å². The highest BCUT2D eigenvalue weighted by Crippen LogP contribution is 2.20. The van der Waals surface area contributed by atoms with Crippen LogP contribution >= 0.6 is 27.5 Å². The Hall–Kier alpha value is -0.490. The molecule has 0 aliphatic heterocycles. The molecule has 1 N–H and O–H groups in total. The smallest absolute Gasteiger partial charge is 0.0462 e. The van der Waals surface area contributed by atoms with Crippen LogP contribution in [0.4, 0.5) is 0 Å². The minimum atomic E-state index is 0.789. The topological polar surface area (TPSA) is 12.0 Å². The summed E-state index contributed by atoms with van der Waals surface area (Å²) in [5.74, 6) is 5.87. The summed E-state index contributed by atoms with van der Waals surface area (Å²) in [6, 6.07) is 5.92. The second-order valence-electron chi connectivity index (χ2n) is 3.09. The summed E-state index contributed by atoms with van der Waals surface area (Å²) in [6.07, 6.45) is 0.880. The number of hydrogen-bond acceptors (Lipinski definition) is 1. The van der Waals surface area contributed by atoms with Crippen LogP contribution in [0.25, 0.3) is 0 Å². The fraction of sp³-hybridized carbons (Fsp3) is 0.333. The van der Waals surface area contributed by atoms with E-state index in [4.69, 9.17) is 11.6 Å². The zero-order valence-electron chi connectivity index (χ0n) is 8.61. The number of nitrogens with one attached hydrogen (secondary N) is 1. The van der Waals surface area contributed by atoms with Gasteiger partial charge in [-0.05, 0) is 24.6 Å². The number of halogens is 2. The van der Waals surface area contributed by atoms with E-state index in [1.807, 2.05) is 25.1 Å². The Balaban J connectivity index is 2.39. The van der Waals surface area contributed by atoms with Crippen LogP contribution in [-0.4, -0.2) is 6.54 Å². The first-order valence-electron chi connectivity index (χ1n) is 4.78. The molecule has 0 saturated heterocycles. The third-order valence-electron chi connectivity index (χ3n) is 1.93. The summed E-state index contributed by atoms with van der Waals surface area (Å²) in [5, 5.41) is 4.08. The first-order valence-corrected chi connectivity index (χ1v) is 5.95. The van der Waals surface area contributed by atoms with Gasteiger partial charge in [0, 0.05) is 29.0 Å². The average molecular weight is 287 g/mol. The van der Waals surface area contributed by atoms with E-state index in [0.717, 1.165) is 34.6 Å². The standard InChI is InChI=1S/C12H13BrClN/c1-2-3-4-7-15-9-10-5-6-11(13)8-12(10)14/h5-6,8,15H,4,7,9H2,1H3. The lowest BCUT2D eigenvalue weighted by Crippen LogP contribution is -2.14. The Morgan fingerprint density at radius 1 is 1.47 bits per heavy atom. The molecule has 0 heterocycles. The number of hydrogen-bond donors (Lipinski definition) is 1. The molecule has 15 heavy (non-hydrogen) atoms. The van der Waals surface area contributed by atoms with E-state index in [-0.39, 0.29) is 0 Å². The number of benzene rings is 1. The monoisotopic (exact) mass is 285 g/mol. The lowest BCUT2D eigenvalue weighted by Gasteiger charge is -2.05. The van der Waals surface area contributed by atoms with Crippen molar-refractivity contribution in [2.24, 2.45) is 0 Å². The van der Waals surface area contributed by atoms with Gasteiger partial charge in [0.05, 0.1) is 0 Å². The van der Waals surface area contributed by atoms with Gasteiger partial charge in [-0.15, -0.1) is 11.8 Å². The van der Waals surface area contributed by atoms with E-state index in [2.05, 4.69) is 33.1 Å². The maximum Gasteiger partial charge on any atom is 0.0462 e. The quantitative estimate of drug-likeness (QED) is 0.659. The Bertz CT molecular complexity index is 379. The summed E-state index contributed by atoms with van der Waals surface area (Å²) >= 11 is 9.45. The molecule has 0 fully saturated rings. The van der Waals surface area contributed by atoms with Crippen molar-refractivity contribution in [1.29, 1.82) is 0 Å². The summed E-state index contributed by atoms with van der Waals surface area (Å²) in [6.45, 7) is 3.54. The maximum atomic E-state index is 6.07. The van der Waals surface area contributed by atoms with E-state index < -0.39 is 0 Å². The van der Waals surface area contributed by atoms with Gasteiger partial charge in [0.2, 0.25) is 0 Å². The minimum Gasteiger partial charge on any atom is -0.312 e. The zero-order valence-corrected chi connectivity index (χ0v) is 11.0. The second kappa shape index (κ2) is 6.90. The van der Waals surface area contributed by atoms with Crippen LogP contribution in [0.2, 0.25) is 5.02 Å². The molecule has 0 saturated carbocycles. The lowest BCUT2D eigenvalue weighted by atomic mass is 10.2. The molecule has 1 aromatic rings. The van der Waals surface area contributed by atoms with Gasteiger partial charge in [-0.25, -0.2) is 0 Å². The van der Waals surface area contributed by atoms with Crippen molar-refractivity contribution in [3.8, 4) is 11.8 Å². The van der Waals surface area contributed by atoms with E-state index in [9.17, 15) is 0 Å². The van der Waals surface area contributed by atoms with Crippen molar-refractivity contribution >= 4 is 27.5 Å². The van der Waals surface area contributed by atoms with E-state index in [0.29, 0.717) is 0 Å². The third-order valence-corrected chi connectivity index (χ3v) is 2.78. The summed E-state index contributed by atoms with van der Waals surface area (Å²) in [4.78, 5) is 0. The average Bonchev–Trinajstić information content (AvgIpc) is 2.20. The van der Waals surface area contributed by atoms with Crippen LogP contribution in [0.5, 0.6) is 0 Å². The van der Waals surface area contributed by atoms with Crippen LogP contribution in [0.15, 0.2) is 22.7 Å². The first-order chi connectivity index (χ1) is 7.24. The predicted molar refractivity (Wildman–Crippen MR) is 68.9 cm³/mol. The molecule has 0 spiro atoms. The van der Waals surface area contributed by atoms with Crippen LogP contribution < -0.4 is 5.32 Å². The van der Waals surface area contributed by atoms with Gasteiger partial charge >= 0.3 is 0 Å². The van der Waals surface area contributed by atoms with Crippen molar-refractivity contribution in [2.75, 3.05) is 6.54 Å². The van der Waals surface area contributed by atoms with Gasteiger partial charge in [-0.3, -0.25) is 0 Å². The molecule has 0 aromatic heterocycles. The molecule has 0 aliphatic carbocycles. The SMILES string of the molecule is CC#CCCNCc1ccc(Br)cc1Cl. The Morgan fingerprint density at radius 2 is 2.27 bits per heavy atom. The molecule has 0 bridgehead atoms. The maximum absolute atomic E-state index is 6.07. The molecule has 0 radical (unpaired) electrons. The van der Waals surface area contributed by atoms with E-state index >= 15 is 0 Å². The fourth-order valence-electron chi connectivity index (χ4n) is 1.16. The highest BCUT2D eigenvalue weighted by atomic mass is 79.9. The molecule has 0 atom stereocenters. The van der Waals surface area contributed by atoms with Gasteiger partial charge in [-0.1, -0.05) is 33.6 Å². The molecule has 1 aromatic carbocycles. The van der Waals surface area contributed by atoms with Crippen LogP contribution in [-0.2, 0) is 6.54 Å². The molecule has 80 valence electrons. The van der Waals surface area contributed by atoms with Crippen molar-refractivity contribution in [3.05, 3.63) is 33.3 Å². The highest BCUT2D eigenvalue weighted by Gasteiger charge is 1.99. The van der Waals surface area contributed by atoms with Crippen LogP contribution in [0.1, 0.15) is 18.9 Å². The Labute approximate surface area is 104 Å². The van der Waals surface area contributed by atoms with Gasteiger partial charge < -0.3 is 5.32 Å². The summed E-state index contributed by atoms with van der Waals surface area (Å²) in [7, 11) is 0. The Morgan fingerprint density at radius 3 is 2.93 bits per heavy atom. The predicted octanol–water partition coefficient (Wildman–Crippen LogP) is 3.61. The van der Waals surface area contributed by atoms with Crippen molar-refractivity contribution in [2.45, 2.75) is 19.9 Å². The molecular formula is C12H13BrClN. The molecule has 0 unspecified atom stereocenters. The van der Waals surface area contributed by atoms with Crippen LogP contribution in [0.3, 0.4) is 0 Å². The van der Waals surface area contributed by atoms with Crippen molar-refractivity contribution in [3.63, 3.8) is 0 Å². The van der Waals surface area contributed by atoms with Gasteiger partial charge in [0.25, 0.3) is 0 Å². The molecule has 0 amide bonds. The van der Waals surface area contributed by atoms with Gasteiger partial charge in [0.1, 0.15) is 0 Å². The molecule has 3 heteroatoms. The molecule has 1 nitrogen and oxygen atoms in total. The lowest BCUT2D eigenvalue weighted by molar-refractivity contribution is 0.701. The second-order valence-corrected chi connectivity index (χ2v) is 4.41. The van der Waals surface area contributed by atoms with Crippen molar-refractivity contribution < 1.29 is 0 Å². The van der Waals surface area contributed by atoms with E-state index in [1.165, 1.54) is 0 Å². The molecule has 0 aliphatic rings. The molecular weight excluding hydrogens is 273 g/mol. The fourth-order valence-corrected chi connectivity index (χ4v) is 1.90. The summed E-state index contributed by atoms with van der Waals surface area (Å²) < 4.78 is 1.01. The van der Waals surface area contributed by atoms with E-state index in [1.54, 1.807) is 0 Å². The highest BCUT2D eigenvalue weighted by molar-refractivity contribution is 9.10. The summed E-state index contributed by atoms with van der Waals surface area (Å²) in [5.41, 5.74) is 1.12. The minimum absolute atomic E-state index is 0.789. The van der Waals surface area contributed by atoms with Gasteiger partial charge in [-0.2, -0.15) is 0 Å². The first kappa shape index (κ1) is 12.6.